The smallest absolute Gasteiger partial charge is 0.255 e. The fraction of sp³-hybridized carbons (Fsp3) is 0.692. The van der Waals surface area contributed by atoms with E-state index in [1.807, 2.05) is 0 Å². The van der Waals surface area contributed by atoms with Crippen molar-refractivity contribution < 1.29 is 13.2 Å². The molecule has 1 saturated heterocycles. The molecule has 3 aliphatic rings. The molecule has 1 aromatic rings. The average molecular weight is 474 g/mol. The van der Waals surface area contributed by atoms with E-state index in [4.69, 9.17) is 5.41 Å². The van der Waals surface area contributed by atoms with Crippen LogP contribution in [0.15, 0.2) is 29.2 Å². The van der Waals surface area contributed by atoms with Crippen LogP contribution >= 0.6 is 0 Å². The fourth-order valence-corrected chi connectivity index (χ4v) is 6.73. The monoisotopic (exact) mass is 473 g/mol. The Morgan fingerprint density at radius 1 is 0.970 bits per heavy atom. The van der Waals surface area contributed by atoms with Crippen LogP contribution in [0.3, 0.4) is 0 Å². The molecule has 182 valence electrons. The third-order valence-electron chi connectivity index (χ3n) is 8.04. The minimum Gasteiger partial charge on any atom is -0.342 e. The standard InChI is InChI=1S/C26H39N3O3S/c1-33(31,32)23-14-12-22(13-15-23)19-29-24(30)26(28-25(29)27,18-21-10-6-3-7-11-21)17-16-20-8-4-2-5-9-20/h12-15,20-21H,2-11,16-19H2,1H3,(H2,27,28)/t26-/m1/s1. The van der Waals surface area contributed by atoms with Gasteiger partial charge in [-0.05, 0) is 48.8 Å². The van der Waals surface area contributed by atoms with Crippen molar-refractivity contribution in [3.8, 4) is 0 Å². The second-order valence-corrected chi connectivity index (χ2v) is 12.6. The van der Waals surface area contributed by atoms with Gasteiger partial charge in [0.2, 0.25) is 0 Å². The van der Waals surface area contributed by atoms with E-state index >= 15 is 0 Å². The Balaban J connectivity index is 1.50. The second kappa shape index (κ2) is 10.2. The number of carbonyl (C=O) groups excluding carboxylic acids is 1. The molecule has 0 bridgehead atoms. The highest BCUT2D eigenvalue weighted by Crippen LogP contribution is 2.38. The molecule has 7 heteroatoms. The summed E-state index contributed by atoms with van der Waals surface area (Å²) in [4.78, 5) is 15.7. The van der Waals surface area contributed by atoms with E-state index in [0.717, 1.165) is 24.8 Å². The van der Waals surface area contributed by atoms with Gasteiger partial charge in [0.25, 0.3) is 5.91 Å². The van der Waals surface area contributed by atoms with Crippen LogP contribution in [-0.4, -0.2) is 37.0 Å². The first-order valence-electron chi connectivity index (χ1n) is 12.7. The molecule has 1 aliphatic heterocycles. The maximum absolute atomic E-state index is 13.8. The van der Waals surface area contributed by atoms with Gasteiger partial charge in [0.15, 0.2) is 15.8 Å². The zero-order valence-electron chi connectivity index (χ0n) is 19.9. The number of amides is 1. The number of guanidine groups is 1. The number of sulfone groups is 1. The minimum absolute atomic E-state index is 0.0288. The molecule has 1 atom stereocenters. The molecule has 33 heavy (non-hydrogen) atoms. The first-order chi connectivity index (χ1) is 15.8. The predicted molar refractivity (Wildman–Crippen MR) is 131 cm³/mol. The normalized spacial score (nSPS) is 25.4. The summed E-state index contributed by atoms with van der Waals surface area (Å²) in [6, 6.07) is 6.67. The van der Waals surface area contributed by atoms with Crippen LogP contribution in [0, 0.1) is 17.2 Å². The van der Waals surface area contributed by atoms with E-state index in [0.29, 0.717) is 18.4 Å². The van der Waals surface area contributed by atoms with Crippen LogP contribution in [0.25, 0.3) is 0 Å². The molecule has 0 aromatic heterocycles. The molecule has 1 amide bonds. The van der Waals surface area contributed by atoms with Gasteiger partial charge in [0, 0.05) is 6.26 Å². The van der Waals surface area contributed by atoms with E-state index in [-0.39, 0.29) is 16.8 Å². The maximum Gasteiger partial charge on any atom is 0.255 e. The van der Waals surface area contributed by atoms with Crippen LogP contribution in [0.4, 0.5) is 0 Å². The summed E-state index contributed by atoms with van der Waals surface area (Å²) in [5, 5.41) is 12.0. The van der Waals surface area contributed by atoms with Gasteiger partial charge >= 0.3 is 0 Å². The number of hydrogen-bond acceptors (Lipinski definition) is 4. The lowest BCUT2D eigenvalue weighted by molar-refractivity contribution is -0.132. The molecule has 3 fully saturated rings. The first-order valence-corrected chi connectivity index (χ1v) is 14.6. The fourth-order valence-electron chi connectivity index (χ4n) is 6.10. The molecule has 2 N–H and O–H groups in total. The zero-order chi connectivity index (χ0) is 23.5. The van der Waals surface area contributed by atoms with Gasteiger partial charge in [0.1, 0.15) is 5.54 Å². The molecule has 2 saturated carbocycles. The third-order valence-corrected chi connectivity index (χ3v) is 9.17. The van der Waals surface area contributed by atoms with Gasteiger partial charge in [-0.2, -0.15) is 0 Å². The second-order valence-electron chi connectivity index (χ2n) is 10.6. The Bertz CT molecular complexity index is 947. The lowest BCUT2D eigenvalue weighted by Gasteiger charge is -2.34. The van der Waals surface area contributed by atoms with Gasteiger partial charge < -0.3 is 5.32 Å². The molecule has 4 rings (SSSR count). The van der Waals surface area contributed by atoms with Crippen LogP contribution in [0.1, 0.15) is 89.0 Å². The summed E-state index contributed by atoms with van der Waals surface area (Å²) in [5.41, 5.74) is 0.173. The SMILES string of the molecule is CS(=O)(=O)c1ccc(CN2C(=N)N[C@](CCC3CCCCC3)(CC3CCCCC3)C2=O)cc1. The van der Waals surface area contributed by atoms with Gasteiger partial charge in [-0.3, -0.25) is 15.1 Å². The van der Waals surface area contributed by atoms with Crippen LogP contribution in [-0.2, 0) is 21.2 Å². The van der Waals surface area contributed by atoms with Gasteiger partial charge in [-0.1, -0.05) is 76.3 Å². The van der Waals surface area contributed by atoms with E-state index in [1.165, 1.54) is 70.5 Å². The van der Waals surface area contributed by atoms with Crippen molar-refractivity contribution >= 4 is 21.7 Å². The predicted octanol–water partition coefficient (Wildman–Crippen LogP) is 5.03. The van der Waals surface area contributed by atoms with Crippen molar-refractivity contribution in [2.45, 2.75) is 100 Å². The summed E-state index contributed by atoms with van der Waals surface area (Å²) < 4.78 is 23.5. The number of nitrogens with zero attached hydrogens (tertiary/aromatic N) is 1. The molecule has 6 nitrogen and oxygen atoms in total. The van der Waals surface area contributed by atoms with Crippen molar-refractivity contribution in [1.29, 1.82) is 5.41 Å². The van der Waals surface area contributed by atoms with Crippen molar-refractivity contribution in [3.05, 3.63) is 29.8 Å². The topological polar surface area (TPSA) is 90.3 Å². The molecule has 0 unspecified atom stereocenters. The highest BCUT2D eigenvalue weighted by atomic mass is 32.2. The van der Waals surface area contributed by atoms with Crippen LogP contribution in [0.2, 0.25) is 0 Å². The van der Waals surface area contributed by atoms with Crippen LogP contribution < -0.4 is 5.32 Å². The van der Waals surface area contributed by atoms with E-state index < -0.39 is 15.4 Å². The highest BCUT2D eigenvalue weighted by molar-refractivity contribution is 7.90. The maximum atomic E-state index is 13.8. The number of benzene rings is 1. The summed E-state index contributed by atoms with van der Waals surface area (Å²) in [7, 11) is -3.26. The molecule has 0 radical (unpaired) electrons. The van der Waals surface area contributed by atoms with E-state index in [1.54, 1.807) is 29.2 Å². The number of rotatable bonds is 8. The molecular weight excluding hydrogens is 434 g/mol. The van der Waals surface area contributed by atoms with Gasteiger partial charge in [-0.25, -0.2) is 8.42 Å². The largest absolute Gasteiger partial charge is 0.342 e. The van der Waals surface area contributed by atoms with E-state index in [9.17, 15) is 13.2 Å². The quantitative estimate of drug-likeness (QED) is 0.554. The Kier molecular flexibility index (Phi) is 7.46. The molecular formula is C26H39N3O3S. The molecule has 2 aliphatic carbocycles. The number of hydrogen-bond donors (Lipinski definition) is 2. The van der Waals surface area contributed by atoms with Crippen molar-refractivity contribution in [2.24, 2.45) is 11.8 Å². The Morgan fingerprint density at radius 3 is 2.12 bits per heavy atom. The minimum atomic E-state index is -3.26. The summed E-state index contributed by atoms with van der Waals surface area (Å²) in [6.07, 6.45) is 16.5. The first kappa shape index (κ1) is 24.2. The lowest BCUT2D eigenvalue weighted by Crippen LogP contribution is -2.49. The Labute approximate surface area is 198 Å². The number of carbonyl (C=O) groups is 1. The number of nitrogens with one attached hydrogen (secondary N) is 2. The summed E-state index contributed by atoms with van der Waals surface area (Å²) >= 11 is 0. The van der Waals surface area contributed by atoms with Crippen molar-refractivity contribution in [3.63, 3.8) is 0 Å². The molecule has 0 spiro atoms. The Morgan fingerprint density at radius 2 is 1.55 bits per heavy atom. The highest BCUT2D eigenvalue weighted by Gasteiger charge is 2.50. The van der Waals surface area contributed by atoms with Crippen LogP contribution in [0.5, 0.6) is 0 Å². The summed E-state index contributed by atoms with van der Waals surface area (Å²) in [6.45, 7) is 0.296. The third kappa shape index (κ3) is 5.79. The average Bonchev–Trinajstić information content (AvgIpc) is 3.03. The zero-order valence-corrected chi connectivity index (χ0v) is 20.8. The van der Waals surface area contributed by atoms with Gasteiger partial charge in [-0.15, -0.1) is 0 Å². The summed E-state index contributed by atoms with van der Waals surface area (Å²) in [5.74, 6) is 1.46. The molecule has 1 aromatic carbocycles. The Hall–Kier alpha value is -1.89. The lowest BCUT2D eigenvalue weighted by atomic mass is 9.75. The van der Waals surface area contributed by atoms with Gasteiger partial charge in [0.05, 0.1) is 11.4 Å². The van der Waals surface area contributed by atoms with E-state index in [2.05, 4.69) is 5.32 Å². The molecule has 1 heterocycles. The van der Waals surface area contributed by atoms with Crippen molar-refractivity contribution in [1.82, 2.24) is 10.2 Å². The van der Waals surface area contributed by atoms with Crippen molar-refractivity contribution in [2.75, 3.05) is 6.26 Å².